The first-order chi connectivity index (χ1) is 10.5. The van der Waals surface area contributed by atoms with Crippen molar-refractivity contribution >= 4 is 34.2 Å². The van der Waals surface area contributed by atoms with E-state index in [9.17, 15) is 9.59 Å². The van der Waals surface area contributed by atoms with Crippen molar-refractivity contribution in [2.45, 2.75) is 13.5 Å². The Bertz CT molecular complexity index is 863. The summed E-state index contributed by atoms with van der Waals surface area (Å²) in [7, 11) is 0. The van der Waals surface area contributed by atoms with Gasteiger partial charge in [-0.2, -0.15) is 9.90 Å². The summed E-state index contributed by atoms with van der Waals surface area (Å²) in [6.45, 7) is 1.32. The van der Waals surface area contributed by atoms with Crippen molar-refractivity contribution in [3.05, 3.63) is 36.7 Å². The van der Waals surface area contributed by atoms with Gasteiger partial charge in [0, 0.05) is 18.5 Å². The van der Waals surface area contributed by atoms with Crippen LogP contribution in [0.5, 0.6) is 0 Å². The fourth-order valence-corrected chi connectivity index (χ4v) is 2.24. The fraction of sp³-hybridized carbons (Fsp3) is 0.143. The van der Waals surface area contributed by atoms with Crippen molar-refractivity contribution in [1.29, 1.82) is 0 Å². The minimum absolute atomic E-state index is 0.0578. The van der Waals surface area contributed by atoms with Crippen molar-refractivity contribution in [3.63, 3.8) is 0 Å². The summed E-state index contributed by atoms with van der Waals surface area (Å²) in [4.78, 5) is 24.6. The molecule has 1 amide bonds. The lowest BCUT2D eigenvalue weighted by molar-refractivity contribution is -0.114. The molecular weight excluding hydrogens is 284 g/mol. The standard InChI is InChI=1S/C14H14N6O2/c1-9(21)17-12-7-16-20(18-12)8-13(22)19-6-5-10-3-2-4-11(15)14(10)19/h2-7H,8,15H2,1H3,(H,17,18,21). The first-order valence-corrected chi connectivity index (χ1v) is 6.61. The number of nitrogen functional groups attached to an aromatic ring is 1. The minimum Gasteiger partial charge on any atom is -0.397 e. The number of nitrogens with one attached hydrogen (secondary N) is 1. The van der Waals surface area contributed by atoms with Crippen LogP contribution in [0.1, 0.15) is 11.7 Å². The monoisotopic (exact) mass is 298 g/mol. The molecule has 0 aliphatic rings. The number of nitrogens with two attached hydrogens (primary N) is 1. The molecule has 0 spiro atoms. The number of para-hydroxylation sites is 1. The molecule has 0 atom stereocenters. The Hall–Kier alpha value is -3.16. The average molecular weight is 298 g/mol. The summed E-state index contributed by atoms with van der Waals surface area (Å²) in [5.41, 5.74) is 7.13. The van der Waals surface area contributed by atoms with Crippen LogP contribution in [0.25, 0.3) is 10.9 Å². The van der Waals surface area contributed by atoms with Crippen molar-refractivity contribution in [3.8, 4) is 0 Å². The molecule has 112 valence electrons. The molecule has 0 unspecified atom stereocenters. The zero-order valence-electron chi connectivity index (χ0n) is 11.9. The van der Waals surface area contributed by atoms with Crippen LogP contribution in [0, 0.1) is 0 Å². The Morgan fingerprint density at radius 3 is 2.91 bits per heavy atom. The lowest BCUT2D eigenvalue weighted by Crippen LogP contribution is -2.19. The molecule has 3 N–H and O–H groups in total. The van der Waals surface area contributed by atoms with Gasteiger partial charge in [0.15, 0.2) is 5.82 Å². The van der Waals surface area contributed by atoms with Crippen LogP contribution in [-0.4, -0.2) is 31.4 Å². The Morgan fingerprint density at radius 1 is 1.32 bits per heavy atom. The smallest absolute Gasteiger partial charge is 0.254 e. The Kier molecular flexibility index (Phi) is 3.34. The van der Waals surface area contributed by atoms with Gasteiger partial charge in [-0.1, -0.05) is 12.1 Å². The molecule has 8 nitrogen and oxygen atoms in total. The number of rotatable bonds is 3. The maximum atomic E-state index is 12.4. The average Bonchev–Trinajstić information content (AvgIpc) is 3.05. The van der Waals surface area contributed by atoms with Crippen LogP contribution in [0.4, 0.5) is 11.5 Å². The molecule has 0 saturated heterocycles. The van der Waals surface area contributed by atoms with Crippen LogP contribution in [-0.2, 0) is 11.3 Å². The van der Waals surface area contributed by atoms with E-state index in [1.165, 1.54) is 22.5 Å². The second-order valence-electron chi connectivity index (χ2n) is 4.81. The van der Waals surface area contributed by atoms with E-state index in [0.717, 1.165) is 5.39 Å². The number of amides is 1. The number of carbonyl (C=O) groups is 2. The first kappa shape index (κ1) is 13.8. The quantitative estimate of drug-likeness (QED) is 0.704. The van der Waals surface area contributed by atoms with Crippen LogP contribution in [0.3, 0.4) is 0 Å². The highest BCUT2D eigenvalue weighted by Crippen LogP contribution is 2.22. The molecule has 22 heavy (non-hydrogen) atoms. The van der Waals surface area contributed by atoms with Crippen LogP contribution >= 0.6 is 0 Å². The topological polar surface area (TPSA) is 108 Å². The van der Waals surface area contributed by atoms with E-state index in [-0.39, 0.29) is 18.4 Å². The SMILES string of the molecule is CC(=O)Nc1cnn(CC(=O)n2ccc3cccc(N)c32)n1. The van der Waals surface area contributed by atoms with E-state index in [1.807, 2.05) is 18.2 Å². The number of carbonyl (C=O) groups excluding carboxylic acids is 2. The maximum Gasteiger partial charge on any atom is 0.254 e. The fourth-order valence-electron chi connectivity index (χ4n) is 2.24. The maximum absolute atomic E-state index is 12.4. The molecule has 0 aliphatic heterocycles. The van der Waals surface area contributed by atoms with Gasteiger partial charge in [0.1, 0.15) is 6.54 Å². The molecule has 3 rings (SSSR count). The molecule has 0 fully saturated rings. The summed E-state index contributed by atoms with van der Waals surface area (Å²) >= 11 is 0. The van der Waals surface area contributed by atoms with Gasteiger partial charge >= 0.3 is 0 Å². The zero-order valence-corrected chi connectivity index (χ0v) is 11.9. The van der Waals surface area contributed by atoms with E-state index < -0.39 is 0 Å². The molecule has 3 aromatic rings. The van der Waals surface area contributed by atoms with E-state index in [0.29, 0.717) is 17.0 Å². The third-order valence-electron chi connectivity index (χ3n) is 3.13. The number of anilines is 2. The molecule has 2 aromatic heterocycles. The number of fused-ring (bicyclic) bond motifs is 1. The summed E-state index contributed by atoms with van der Waals surface area (Å²) in [6.07, 6.45) is 3.05. The van der Waals surface area contributed by atoms with E-state index >= 15 is 0 Å². The molecular formula is C14H14N6O2. The Balaban J connectivity index is 1.84. The number of hydrogen-bond donors (Lipinski definition) is 2. The number of benzene rings is 1. The lowest BCUT2D eigenvalue weighted by Gasteiger charge is -2.05. The molecule has 0 saturated carbocycles. The summed E-state index contributed by atoms with van der Waals surface area (Å²) in [5.74, 6) is -0.169. The highest BCUT2D eigenvalue weighted by molar-refractivity contribution is 5.98. The predicted octanol–water partition coefficient (Wildman–Crippen LogP) is 1.11. The van der Waals surface area contributed by atoms with Gasteiger partial charge in [0.05, 0.1) is 17.4 Å². The van der Waals surface area contributed by atoms with Crippen molar-refractivity contribution in [1.82, 2.24) is 19.6 Å². The van der Waals surface area contributed by atoms with E-state index in [4.69, 9.17) is 5.73 Å². The minimum atomic E-state index is -0.248. The Labute approximate surface area is 125 Å². The largest absolute Gasteiger partial charge is 0.397 e. The van der Waals surface area contributed by atoms with Crippen LogP contribution in [0.15, 0.2) is 36.7 Å². The summed E-state index contributed by atoms with van der Waals surface area (Å²) in [6, 6.07) is 7.29. The molecule has 1 aromatic carbocycles. The molecule has 0 bridgehead atoms. The number of hydrogen-bond acceptors (Lipinski definition) is 5. The Morgan fingerprint density at radius 2 is 2.14 bits per heavy atom. The molecule has 0 radical (unpaired) electrons. The van der Waals surface area contributed by atoms with Gasteiger partial charge < -0.3 is 11.1 Å². The predicted molar refractivity (Wildman–Crippen MR) is 81.3 cm³/mol. The zero-order chi connectivity index (χ0) is 15.7. The van der Waals surface area contributed by atoms with Gasteiger partial charge in [0.2, 0.25) is 5.91 Å². The lowest BCUT2D eigenvalue weighted by atomic mass is 10.2. The third kappa shape index (κ3) is 2.53. The van der Waals surface area contributed by atoms with Gasteiger partial charge in [-0.15, -0.1) is 5.10 Å². The number of nitrogens with zero attached hydrogens (tertiary/aromatic N) is 4. The highest BCUT2D eigenvalue weighted by Gasteiger charge is 2.13. The molecule has 2 heterocycles. The van der Waals surface area contributed by atoms with Gasteiger partial charge in [-0.25, -0.2) is 0 Å². The first-order valence-electron chi connectivity index (χ1n) is 6.61. The third-order valence-corrected chi connectivity index (χ3v) is 3.13. The number of aromatic nitrogens is 4. The molecule has 8 heteroatoms. The van der Waals surface area contributed by atoms with E-state index in [2.05, 4.69) is 15.5 Å². The highest BCUT2D eigenvalue weighted by atomic mass is 16.2. The van der Waals surface area contributed by atoms with Crippen LogP contribution in [0.2, 0.25) is 0 Å². The normalized spacial score (nSPS) is 10.8. The van der Waals surface area contributed by atoms with Crippen molar-refractivity contribution < 1.29 is 9.59 Å². The van der Waals surface area contributed by atoms with Gasteiger partial charge in [0.25, 0.3) is 5.91 Å². The van der Waals surface area contributed by atoms with Crippen LogP contribution < -0.4 is 11.1 Å². The second-order valence-corrected chi connectivity index (χ2v) is 4.81. The summed E-state index contributed by atoms with van der Waals surface area (Å²) in [5, 5.41) is 11.3. The van der Waals surface area contributed by atoms with Crippen molar-refractivity contribution in [2.75, 3.05) is 11.1 Å². The van der Waals surface area contributed by atoms with Crippen molar-refractivity contribution in [2.24, 2.45) is 0 Å². The van der Waals surface area contributed by atoms with Gasteiger partial charge in [-0.3, -0.25) is 14.2 Å². The van der Waals surface area contributed by atoms with Gasteiger partial charge in [-0.05, 0) is 12.1 Å². The second kappa shape index (κ2) is 5.32. The summed E-state index contributed by atoms with van der Waals surface area (Å²) < 4.78 is 1.48. The van der Waals surface area contributed by atoms with E-state index in [1.54, 1.807) is 12.3 Å². The molecule has 0 aliphatic carbocycles.